The molecule has 0 aliphatic heterocycles. The molecule has 5 heteroatoms. The molecule has 1 aromatic rings. The molecule has 0 aromatic carbocycles. The van der Waals surface area contributed by atoms with E-state index in [0.29, 0.717) is 18.5 Å². The molecular weight excluding hydrogens is 204 g/mol. The quantitative estimate of drug-likeness (QED) is 0.764. The Labute approximate surface area is 95.9 Å². The zero-order chi connectivity index (χ0) is 12.1. The van der Waals surface area contributed by atoms with Gasteiger partial charge in [-0.3, -0.25) is 0 Å². The maximum atomic E-state index is 5.61. The molecule has 0 fully saturated rings. The van der Waals surface area contributed by atoms with Gasteiger partial charge in [-0.2, -0.15) is 9.97 Å². The second-order valence-corrected chi connectivity index (χ2v) is 3.66. The third-order valence-corrected chi connectivity index (χ3v) is 2.16. The minimum Gasteiger partial charge on any atom is -0.481 e. The summed E-state index contributed by atoms with van der Waals surface area (Å²) in [5, 5.41) is 0. The van der Waals surface area contributed by atoms with Crippen LogP contribution in [0.5, 0.6) is 5.88 Å². The fourth-order valence-corrected chi connectivity index (χ4v) is 1.39. The van der Waals surface area contributed by atoms with Crippen LogP contribution in [0.4, 0.5) is 11.8 Å². The van der Waals surface area contributed by atoms with Crippen LogP contribution in [0.3, 0.4) is 0 Å². The third kappa shape index (κ3) is 2.85. The predicted octanol–water partition coefficient (Wildman–Crippen LogP) is 1.47. The van der Waals surface area contributed by atoms with Gasteiger partial charge < -0.3 is 15.4 Å². The van der Waals surface area contributed by atoms with E-state index in [1.807, 2.05) is 6.08 Å². The largest absolute Gasteiger partial charge is 0.481 e. The fraction of sp³-hybridized carbons (Fsp3) is 0.455. The van der Waals surface area contributed by atoms with Gasteiger partial charge in [0, 0.05) is 18.7 Å². The smallest absolute Gasteiger partial charge is 0.225 e. The number of aromatic nitrogens is 2. The Morgan fingerprint density at radius 2 is 2.25 bits per heavy atom. The molecule has 1 heterocycles. The zero-order valence-electron chi connectivity index (χ0n) is 9.97. The van der Waals surface area contributed by atoms with Crippen molar-refractivity contribution >= 4 is 11.8 Å². The van der Waals surface area contributed by atoms with Crippen molar-refractivity contribution in [3.8, 4) is 5.88 Å². The minimum atomic E-state index is 0.212. The van der Waals surface area contributed by atoms with Gasteiger partial charge in [0.1, 0.15) is 5.82 Å². The number of hydrogen-bond donors (Lipinski definition) is 1. The fourth-order valence-electron chi connectivity index (χ4n) is 1.39. The number of hydrogen-bond acceptors (Lipinski definition) is 5. The zero-order valence-corrected chi connectivity index (χ0v) is 9.97. The van der Waals surface area contributed by atoms with Crippen LogP contribution in [0, 0.1) is 0 Å². The van der Waals surface area contributed by atoms with Crippen LogP contribution in [0.2, 0.25) is 0 Å². The van der Waals surface area contributed by atoms with Crippen LogP contribution >= 0.6 is 0 Å². The van der Waals surface area contributed by atoms with Crippen LogP contribution in [0.25, 0.3) is 0 Å². The Morgan fingerprint density at radius 3 is 2.75 bits per heavy atom. The maximum absolute atomic E-state index is 5.61. The second kappa shape index (κ2) is 5.34. The molecule has 0 spiro atoms. The summed E-state index contributed by atoms with van der Waals surface area (Å²) in [5.41, 5.74) is 5.61. The van der Waals surface area contributed by atoms with Gasteiger partial charge in [0.25, 0.3) is 0 Å². The molecule has 16 heavy (non-hydrogen) atoms. The van der Waals surface area contributed by atoms with E-state index in [2.05, 4.69) is 35.3 Å². The Kier molecular flexibility index (Phi) is 4.10. The van der Waals surface area contributed by atoms with E-state index < -0.39 is 0 Å². The van der Waals surface area contributed by atoms with Crippen LogP contribution in [0.15, 0.2) is 18.7 Å². The predicted molar refractivity (Wildman–Crippen MR) is 65.7 cm³/mol. The standard InChI is InChI=1S/C11H18N4O/c1-5-6-15(8(2)3)9-7-10(16-4)14-11(12)13-9/h5,7-8H,1,6H2,2-4H3,(H2,12,13,14). The second-order valence-electron chi connectivity index (χ2n) is 3.66. The van der Waals surface area contributed by atoms with Crippen molar-refractivity contribution in [3.63, 3.8) is 0 Å². The van der Waals surface area contributed by atoms with Gasteiger partial charge in [-0.1, -0.05) is 6.08 Å². The first-order valence-electron chi connectivity index (χ1n) is 5.14. The minimum absolute atomic E-state index is 0.212. The van der Waals surface area contributed by atoms with Crippen molar-refractivity contribution in [2.24, 2.45) is 0 Å². The van der Waals surface area contributed by atoms with E-state index in [1.165, 1.54) is 0 Å². The van der Waals surface area contributed by atoms with Crippen LogP contribution < -0.4 is 15.4 Å². The van der Waals surface area contributed by atoms with Crippen LogP contribution in [-0.4, -0.2) is 29.7 Å². The summed E-state index contributed by atoms with van der Waals surface area (Å²) in [7, 11) is 1.55. The Bertz CT molecular complexity index is 365. The molecule has 88 valence electrons. The van der Waals surface area contributed by atoms with Gasteiger partial charge in [-0.05, 0) is 13.8 Å². The highest BCUT2D eigenvalue weighted by Gasteiger charge is 2.12. The van der Waals surface area contributed by atoms with Gasteiger partial charge >= 0.3 is 0 Å². The molecule has 5 nitrogen and oxygen atoms in total. The third-order valence-electron chi connectivity index (χ3n) is 2.16. The number of methoxy groups -OCH3 is 1. The number of rotatable bonds is 5. The number of ether oxygens (including phenoxy) is 1. The monoisotopic (exact) mass is 222 g/mol. The molecule has 0 radical (unpaired) electrons. The van der Waals surface area contributed by atoms with Crippen molar-refractivity contribution < 1.29 is 4.74 Å². The number of nitrogens with zero attached hydrogens (tertiary/aromatic N) is 3. The first-order valence-corrected chi connectivity index (χ1v) is 5.14. The van der Waals surface area contributed by atoms with E-state index in [9.17, 15) is 0 Å². The summed E-state index contributed by atoms with van der Waals surface area (Å²) in [6.45, 7) is 8.59. The van der Waals surface area contributed by atoms with Gasteiger partial charge in [0.2, 0.25) is 11.8 Å². The Hall–Kier alpha value is -1.78. The topological polar surface area (TPSA) is 64.3 Å². The first-order chi connectivity index (χ1) is 7.58. The molecule has 0 amide bonds. The molecular formula is C11H18N4O. The Balaban J connectivity index is 3.07. The molecule has 1 rings (SSSR count). The number of nitrogen functional groups attached to an aromatic ring is 1. The lowest BCUT2D eigenvalue weighted by Gasteiger charge is -2.26. The van der Waals surface area contributed by atoms with Crippen LogP contribution in [0.1, 0.15) is 13.8 Å². The molecule has 0 saturated heterocycles. The molecule has 2 N–H and O–H groups in total. The van der Waals surface area contributed by atoms with E-state index in [1.54, 1.807) is 13.2 Å². The van der Waals surface area contributed by atoms with Gasteiger partial charge in [-0.25, -0.2) is 0 Å². The molecule has 0 aliphatic rings. The summed E-state index contributed by atoms with van der Waals surface area (Å²) in [4.78, 5) is 10.2. The van der Waals surface area contributed by atoms with Crippen molar-refractivity contribution in [2.75, 3.05) is 24.3 Å². The van der Waals surface area contributed by atoms with E-state index in [-0.39, 0.29) is 5.95 Å². The number of anilines is 2. The first kappa shape index (κ1) is 12.3. The molecule has 1 aromatic heterocycles. The van der Waals surface area contributed by atoms with Crippen molar-refractivity contribution in [1.29, 1.82) is 0 Å². The highest BCUT2D eigenvalue weighted by Crippen LogP contribution is 2.20. The lowest BCUT2D eigenvalue weighted by atomic mass is 10.3. The summed E-state index contributed by atoms with van der Waals surface area (Å²) >= 11 is 0. The normalized spacial score (nSPS) is 10.2. The average Bonchev–Trinajstić information content (AvgIpc) is 2.24. The molecule has 0 unspecified atom stereocenters. The average molecular weight is 222 g/mol. The molecule has 0 aliphatic carbocycles. The van der Waals surface area contributed by atoms with E-state index >= 15 is 0 Å². The van der Waals surface area contributed by atoms with Crippen molar-refractivity contribution in [2.45, 2.75) is 19.9 Å². The highest BCUT2D eigenvalue weighted by atomic mass is 16.5. The van der Waals surface area contributed by atoms with E-state index in [0.717, 1.165) is 5.82 Å². The van der Waals surface area contributed by atoms with Crippen molar-refractivity contribution in [1.82, 2.24) is 9.97 Å². The summed E-state index contributed by atoms with van der Waals surface area (Å²) in [5.74, 6) is 1.43. The van der Waals surface area contributed by atoms with Gasteiger partial charge in [0.15, 0.2) is 0 Å². The summed E-state index contributed by atoms with van der Waals surface area (Å²) in [6, 6.07) is 2.07. The lowest BCUT2D eigenvalue weighted by Crippen LogP contribution is -2.31. The maximum Gasteiger partial charge on any atom is 0.225 e. The van der Waals surface area contributed by atoms with Gasteiger partial charge in [0.05, 0.1) is 7.11 Å². The van der Waals surface area contributed by atoms with Crippen molar-refractivity contribution in [3.05, 3.63) is 18.7 Å². The lowest BCUT2D eigenvalue weighted by molar-refractivity contribution is 0.397. The Morgan fingerprint density at radius 1 is 1.56 bits per heavy atom. The summed E-state index contributed by atoms with van der Waals surface area (Å²) in [6.07, 6.45) is 1.82. The summed E-state index contributed by atoms with van der Waals surface area (Å²) < 4.78 is 5.06. The molecule has 0 saturated carbocycles. The molecule has 0 atom stereocenters. The number of nitrogens with two attached hydrogens (primary N) is 1. The van der Waals surface area contributed by atoms with Gasteiger partial charge in [-0.15, -0.1) is 6.58 Å². The van der Waals surface area contributed by atoms with E-state index in [4.69, 9.17) is 10.5 Å². The highest BCUT2D eigenvalue weighted by molar-refractivity contribution is 5.46. The van der Waals surface area contributed by atoms with Crippen LogP contribution in [-0.2, 0) is 0 Å². The molecule has 0 bridgehead atoms. The SMILES string of the molecule is C=CCN(c1cc(OC)nc(N)n1)C(C)C.